The largest absolute Gasteiger partial charge is 0.461 e. The number of aryl methyl sites for hydroxylation is 1. The number of nitrogens with zero attached hydrogens (tertiary/aromatic N) is 2. The highest BCUT2D eigenvalue weighted by Crippen LogP contribution is 2.36. The van der Waals surface area contributed by atoms with E-state index in [-0.39, 0.29) is 6.04 Å². The van der Waals surface area contributed by atoms with E-state index in [0.29, 0.717) is 12.3 Å². The van der Waals surface area contributed by atoms with Crippen molar-refractivity contribution in [1.29, 1.82) is 0 Å². The predicted octanol–water partition coefficient (Wildman–Crippen LogP) is 3.51. The Morgan fingerprint density at radius 3 is 2.67 bits per heavy atom. The van der Waals surface area contributed by atoms with Crippen LogP contribution in [0.1, 0.15) is 55.0 Å². The molecule has 5 nitrogen and oxygen atoms in total. The van der Waals surface area contributed by atoms with E-state index < -0.39 is 12.1 Å². The standard InChI is InChI=1S/C19H24N2O3/c1-3-24-19(23)17-18(14-9-5-4-6-10-14)21(13(2)20-17)15-11-7-8-12-16(15)22/h4-6,9-10,15-16,22H,3,7-8,11-12H2,1-2H3/t15-,16-/m0/s1. The number of hydrogen-bond acceptors (Lipinski definition) is 4. The maximum atomic E-state index is 12.4. The van der Waals surface area contributed by atoms with Gasteiger partial charge in [-0.05, 0) is 26.7 Å². The van der Waals surface area contributed by atoms with Gasteiger partial charge in [0.15, 0.2) is 5.69 Å². The second-order valence-corrected chi connectivity index (χ2v) is 6.23. The third-order valence-corrected chi connectivity index (χ3v) is 4.63. The first-order valence-corrected chi connectivity index (χ1v) is 8.63. The van der Waals surface area contributed by atoms with Crippen LogP contribution in [0.5, 0.6) is 0 Å². The van der Waals surface area contributed by atoms with Crippen molar-refractivity contribution in [3.05, 3.63) is 41.9 Å². The minimum Gasteiger partial charge on any atom is -0.461 e. The summed E-state index contributed by atoms with van der Waals surface area (Å²) in [6.45, 7) is 3.98. The second-order valence-electron chi connectivity index (χ2n) is 6.23. The number of esters is 1. The highest BCUT2D eigenvalue weighted by Gasteiger charge is 2.31. The summed E-state index contributed by atoms with van der Waals surface area (Å²) < 4.78 is 7.23. The normalized spacial score (nSPS) is 20.8. The lowest BCUT2D eigenvalue weighted by Gasteiger charge is -2.31. The van der Waals surface area contributed by atoms with Gasteiger partial charge in [-0.1, -0.05) is 43.2 Å². The number of carbonyl (C=O) groups is 1. The molecule has 128 valence electrons. The van der Waals surface area contributed by atoms with Gasteiger partial charge in [0.25, 0.3) is 0 Å². The highest BCUT2D eigenvalue weighted by molar-refractivity contribution is 5.94. The lowest BCUT2D eigenvalue weighted by molar-refractivity contribution is 0.0519. The van der Waals surface area contributed by atoms with Gasteiger partial charge in [0.05, 0.1) is 24.4 Å². The van der Waals surface area contributed by atoms with E-state index in [2.05, 4.69) is 4.98 Å². The molecule has 0 radical (unpaired) electrons. The van der Waals surface area contributed by atoms with E-state index in [9.17, 15) is 9.90 Å². The van der Waals surface area contributed by atoms with Gasteiger partial charge in [0.2, 0.25) is 0 Å². The van der Waals surface area contributed by atoms with Crippen molar-refractivity contribution < 1.29 is 14.6 Å². The smallest absolute Gasteiger partial charge is 0.359 e. The maximum Gasteiger partial charge on any atom is 0.359 e. The molecule has 24 heavy (non-hydrogen) atoms. The van der Waals surface area contributed by atoms with Gasteiger partial charge in [-0.3, -0.25) is 0 Å². The van der Waals surface area contributed by atoms with Gasteiger partial charge < -0.3 is 14.4 Å². The van der Waals surface area contributed by atoms with E-state index >= 15 is 0 Å². The lowest BCUT2D eigenvalue weighted by Crippen LogP contribution is -2.29. The Morgan fingerprint density at radius 1 is 1.29 bits per heavy atom. The van der Waals surface area contributed by atoms with Crippen LogP contribution >= 0.6 is 0 Å². The van der Waals surface area contributed by atoms with Crippen LogP contribution in [0.4, 0.5) is 0 Å². The summed E-state index contributed by atoms with van der Waals surface area (Å²) in [5.74, 6) is 0.325. The number of aromatic nitrogens is 2. The van der Waals surface area contributed by atoms with Crippen molar-refractivity contribution in [3.63, 3.8) is 0 Å². The first kappa shape index (κ1) is 16.7. The molecule has 0 saturated heterocycles. The number of aliphatic hydroxyl groups is 1. The van der Waals surface area contributed by atoms with Crippen molar-refractivity contribution >= 4 is 5.97 Å². The average Bonchev–Trinajstić information content (AvgIpc) is 2.94. The summed E-state index contributed by atoms with van der Waals surface area (Å²) in [7, 11) is 0. The Morgan fingerprint density at radius 2 is 2.00 bits per heavy atom. The molecule has 0 amide bonds. The van der Waals surface area contributed by atoms with E-state index in [4.69, 9.17) is 4.74 Å². The van der Waals surface area contributed by atoms with Gasteiger partial charge in [-0.2, -0.15) is 0 Å². The zero-order valence-electron chi connectivity index (χ0n) is 14.2. The van der Waals surface area contributed by atoms with Gasteiger partial charge in [0.1, 0.15) is 5.82 Å². The third-order valence-electron chi connectivity index (χ3n) is 4.63. The molecular formula is C19H24N2O3. The van der Waals surface area contributed by atoms with Gasteiger partial charge in [-0.15, -0.1) is 0 Å². The molecule has 1 aliphatic rings. The fraction of sp³-hybridized carbons (Fsp3) is 0.474. The molecule has 2 aromatic rings. The summed E-state index contributed by atoms with van der Waals surface area (Å²) in [4.78, 5) is 16.9. The summed E-state index contributed by atoms with van der Waals surface area (Å²) >= 11 is 0. The summed E-state index contributed by atoms with van der Waals surface area (Å²) in [5, 5.41) is 10.5. The highest BCUT2D eigenvalue weighted by atomic mass is 16.5. The molecule has 3 rings (SSSR count). The molecular weight excluding hydrogens is 304 g/mol. The van der Waals surface area contributed by atoms with Crippen LogP contribution < -0.4 is 0 Å². The monoisotopic (exact) mass is 328 g/mol. The van der Waals surface area contributed by atoms with Crippen molar-refractivity contribution in [2.45, 2.75) is 51.7 Å². The first-order chi connectivity index (χ1) is 11.6. The molecule has 1 N–H and O–H groups in total. The van der Waals surface area contributed by atoms with Crippen molar-refractivity contribution in [2.24, 2.45) is 0 Å². The number of aliphatic hydroxyl groups excluding tert-OH is 1. The minimum absolute atomic E-state index is 0.0513. The first-order valence-electron chi connectivity index (χ1n) is 8.63. The number of imidazole rings is 1. The third kappa shape index (κ3) is 3.08. The molecule has 0 aliphatic heterocycles. The zero-order chi connectivity index (χ0) is 17.1. The molecule has 2 atom stereocenters. The molecule has 1 aromatic heterocycles. The molecule has 0 unspecified atom stereocenters. The van der Waals surface area contributed by atoms with Gasteiger partial charge in [-0.25, -0.2) is 9.78 Å². The quantitative estimate of drug-likeness (QED) is 0.872. The Bertz CT molecular complexity index is 709. The van der Waals surface area contributed by atoms with E-state index in [1.54, 1.807) is 6.92 Å². The van der Waals surface area contributed by atoms with Crippen molar-refractivity contribution in [1.82, 2.24) is 9.55 Å². The Balaban J connectivity index is 2.15. The molecule has 1 heterocycles. The van der Waals surface area contributed by atoms with Gasteiger partial charge >= 0.3 is 5.97 Å². The number of carbonyl (C=O) groups excluding carboxylic acids is 1. The predicted molar refractivity (Wildman–Crippen MR) is 91.9 cm³/mol. The Hall–Kier alpha value is -2.14. The van der Waals surface area contributed by atoms with Crippen LogP contribution in [0.3, 0.4) is 0 Å². The van der Waals surface area contributed by atoms with Crippen LogP contribution in [-0.4, -0.2) is 33.3 Å². The fourth-order valence-electron chi connectivity index (χ4n) is 3.56. The van der Waals surface area contributed by atoms with Crippen LogP contribution in [0.25, 0.3) is 11.3 Å². The van der Waals surface area contributed by atoms with E-state index in [1.165, 1.54) is 0 Å². The lowest BCUT2D eigenvalue weighted by atomic mass is 9.91. The van der Waals surface area contributed by atoms with Crippen LogP contribution in [0.2, 0.25) is 0 Å². The fourth-order valence-corrected chi connectivity index (χ4v) is 3.56. The molecule has 1 fully saturated rings. The minimum atomic E-state index is -0.413. The van der Waals surface area contributed by atoms with Crippen LogP contribution in [0, 0.1) is 6.92 Å². The van der Waals surface area contributed by atoms with E-state index in [1.807, 2.05) is 41.8 Å². The molecule has 5 heteroatoms. The van der Waals surface area contributed by atoms with Crippen molar-refractivity contribution in [2.75, 3.05) is 6.61 Å². The van der Waals surface area contributed by atoms with Crippen LogP contribution in [-0.2, 0) is 4.74 Å². The number of ether oxygens (including phenoxy) is 1. The summed E-state index contributed by atoms with van der Waals surface area (Å²) in [6, 6.07) is 9.69. The molecule has 1 saturated carbocycles. The summed E-state index contributed by atoms with van der Waals surface area (Å²) in [6.07, 6.45) is 3.37. The number of rotatable bonds is 4. The maximum absolute atomic E-state index is 12.4. The Labute approximate surface area is 142 Å². The summed E-state index contributed by atoms with van der Waals surface area (Å²) in [5.41, 5.74) is 2.00. The Kier molecular flexibility index (Phi) is 5.00. The molecule has 1 aromatic carbocycles. The van der Waals surface area contributed by atoms with Crippen LogP contribution in [0.15, 0.2) is 30.3 Å². The van der Waals surface area contributed by atoms with Crippen molar-refractivity contribution in [3.8, 4) is 11.3 Å². The molecule has 0 spiro atoms. The second kappa shape index (κ2) is 7.18. The topological polar surface area (TPSA) is 64.3 Å². The average molecular weight is 328 g/mol. The van der Waals surface area contributed by atoms with Gasteiger partial charge in [0, 0.05) is 5.56 Å². The SMILES string of the molecule is CCOC(=O)c1nc(C)n([C@H]2CCCC[C@@H]2O)c1-c1ccccc1. The zero-order valence-corrected chi connectivity index (χ0v) is 14.2. The molecule has 1 aliphatic carbocycles. The number of hydrogen-bond donors (Lipinski definition) is 1. The molecule has 0 bridgehead atoms. The van der Waals surface area contributed by atoms with E-state index in [0.717, 1.165) is 42.8 Å². The number of benzene rings is 1.